The summed E-state index contributed by atoms with van der Waals surface area (Å²) in [4.78, 5) is 9.76. The van der Waals surface area contributed by atoms with Gasteiger partial charge >= 0.3 is 0 Å². The predicted octanol–water partition coefficient (Wildman–Crippen LogP) is 2.82. The molecule has 0 saturated heterocycles. The molecular formula is C11H17O2P. The maximum absolute atomic E-state index is 9.76. The zero-order valence-corrected chi connectivity index (χ0v) is 9.58. The lowest BCUT2D eigenvalue weighted by molar-refractivity contribution is 0.214. The Labute approximate surface area is 86.8 Å². The number of hydrogen-bond acceptors (Lipinski definition) is 2. The molecule has 1 aromatic rings. The minimum absolute atomic E-state index is 0.135. The van der Waals surface area contributed by atoms with E-state index in [1.807, 2.05) is 37.3 Å². The summed E-state index contributed by atoms with van der Waals surface area (Å²) in [5.41, 5.74) is 0. The van der Waals surface area contributed by atoms with E-state index in [1.54, 1.807) is 0 Å². The van der Waals surface area contributed by atoms with Gasteiger partial charge in [0.05, 0.1) is 6.10 Å². The Bertz CT molecular complexity index is 251. The van der Waals surface area contributed by atoms with Crippen LogP contribution in [0, 0.1) is 0 Å². The Kier molecular flexibility index (Phi) is 5.10. The molecular weight excluding hydrogens is 195 g/mol. The molecule has 2 atom stereocenters. The summed E-state index contributed by atoms with van der Waals surface area (Å²) in [7, 11) is -1.43. The van der Waals surface area contributed by atoms with Gasteiger partial charge in [-0.25, -0.2) is 0 Å². The second-order valence-corrected chi connectivity index (χ2v) is 4.59. The zero-order chi connectivity index (χ0) is 10.4. The number of hydrogen-bond donors (Lipinski definition) is 1. The quantitative estimate of drug-likeness (QED) is 0.760. The molecule has 2 nitrogen and oxygen atoms in total. The smallest absolute Gasteiger partial charge is 0.202 e. The first kappa shape index (κ1) is 11.6. The van der Waals surface area contributed by atoms with Crippen LogP contribution in [0.15, 0.2) is 30.3 Å². The van der Waals surface area contributed by atoms with E-state index >= 15 is 0 Å². The lowest BCUT2D eigenvalue weighted by atomic mass is 10.2. The molecule has 78 valence electrons. The fourth-order valence-electron chi connectivity index (χ4n) is 1.25. The minimum atomic E-state index is -1.43. The topological polar surface area (TPSA) is 29.5 Å². The van der Waals surface area contributed by atoms with Crippen LogP contribution in [-0.2, 0) is 4.52 Å². The van der Waals surface area contributed by atoms with E-state index in [9.17, 15) is 4.89 Å². The third-order valence-electron chi connectivity index (χ3n) is 1.95. The summed E-state index contributed by atoms with van der Waals surface area (Å²) >= 11 is 0. The Hall–Kier alpha value is -0.430. The fraction of sp³-hybridized carbons (Fsp3) is 0.455. The standard InChI is InChI=1S/C11H17O2P/c1-3-7-10(2)13-14(12)11-8-5-4-6-9-11/h4-6,8-10,12H,3,7H2,1-2H3. The molecule has 1 aromatic carbocycles. The van der Waals surface area contributed by atoms with E-state index in [0.29, 0.717) is 0 Å². The van der Waals surface area contributed by atoms with Crippen LogP contribution in [0.1, 0.15) is 26.7 Å². The van der Waals surface area contributed by atoms with Gasteiger partial charge in [-0.2, -0.15) is 0 Å². The van der Waals surface area contributed by atoms with Crippen LogP contribution in [-0.4, -0.2) is 11.0 Å². The van der Waals surface area contributed by atoms with E-state index < -0.39 is 8.38 Å². The molecule has 0 aromatic heterocycles. The summed E-state index contributed by atoms with van der Waals surface area (Å²) in [6.45, 7) is 4.11. The number of benzene rings is 1. The molecule has 0 fully saturated rings. The summed E-state index contributed by atoms with van der Waals surface area (Å²) in [6, 6.07) is 9.54. The van der Waals surface area contributed by atoms with Crippen LogP contribution in [0.5, 0.6) is 0 Å². The molecule has 2 unspecified atom stereocenters. The highest BCUT2D eigenvalue weighted by molar-refractivity contribution is 7.55. The van der Waals surface area contributed by atoms with Gasteiger partial charge in [-0.05, 0) is 25.5 Å². The molecule has 0 aliphatic rings. The molecule has 3 heteroatoms. The van der Waals surface area contributed by atoms with Crippen molar-refractivity contribution >= 4 is 13.7 Å². The van der Waals surface area contributed by atoms with Crippen LogP contribution in [0.2, 0.25) is 0 Å². The van der Waals surface area contributed by atoms with Crippen LogP contribution in [0.3, 0.4) is 0 Å². The van der Waals surface area contributed by atoms with Gasteiger partial charge in [0, 0.05) is 5.30 Å². The van der Waals surface area contributed by atoms with E-state index in [-0.39, 0.29) is 6.10 Å². The second-order valence-electron chi connectivity index (χ2n) is 3.31. The van der Waals surface area contributed by atoms with Gasteiger partial charge in [0.15, 0.2) is 0 Å². The first-order valence-electron chi connectivity index (χ1n) is 4.95. The summed E-state index contributed by atoms with van der Waals surface area (Å²) < 4.78 is 5.50. The molecule has 14 heavy (non-hydrogen) atoms. The SMILES string of the molecule is CCCC(C)OP(O)c1ccccc1. The maximum atomic E-state index is 9.76. The van der Waals surface area contributed by atoms with E-state index in [1.165, 1.54) is 0 Å². The molecule has 0 aliphatic heterocycles. The molecule has 0 aliphatic carbocycles. The molecule has 0 heterocycles. The van der Waals surface area contributed by atoms with Crippen molar-refractivity contribution in [1.29, 1.82) is 0 Å². The predicted molar refractivity (Wildman–Crippen MR) is 60.7 cm³/mol. The average Bonchev–Trinajstić information content (AvgIpc) is 2.19. The van der Waals surface area contributed by atoms with Gasteiger partial charge in [0.25, 0.3) is 0 Å². The van der Waals surface area contributed by atoms with E-state index in [4.69, 9.17) is 4.52 Å². The average molecular weight is 212 g/mol. The van der Waals surface area contributed by atoms with Gasteiger partial charge in [0.2, 0.25) is 8.38 Å². The van der Waals surface area contributed by atoms with Crippen LogP contribution < -0.4 is 5.30 Å². The minimum Gasteiger partial charge on any atom is -0.346 e. The van der Waals surface area contributed by atoms with Crippen molar-refractivity contribution < 1.29 is 9.42 Å². The summed E-state index contributed by atoms with van der Waals surface area (Å²) in [6.07, 6.45) is 2.21. The van der Waals surface area contributed by atoms with E-state index in [2.05, 4.69) is 6.92 Å². The molecule has 0 radical (unpaired) electrons. The Balaban J connectivity index is 2.46. The van der Waals surface area contributed by atoms with Gasteiger partial charge in [-0.3, -0.25) is 0 Å². The second kappa shape index (κ2) is 6.13. The normalized spacial score (nSPS) is 15.1. The highest BCUT2D eigenvalue weighted by atomic mass is 31.2. The first-order valence-corrected chi connectivity index (χ1v) is 6.16. The van der Waals surface area contributed by atoms with Gasteiger partial charge in [-0.1, -0.05) is 31.5 Å². The monoisotopic (exact) mass is 212 g/mol. The largest absolute Gasteiger partial charge is 0.346 e. The molecule has 0 amide bonds. The highest BCUT2D eigenvalue weighted by Crippen LogP contribution is 2.32. The lowest BCUT2D eigenvalue weighted by Gasteiger charge is -2.16. The first-order chi connectivity index (χ1) is 6.74. The van der Waals surface area contributed by atoms with Gasteiger partial charge < -0.3 is 9.42 Å². The Morgan fingerprint density at radius 3 is 2.57 bits per heavy atom. The van der Waals surface area contributed by atoms with Crippen molar-refractivity contribution in [2.24, 2.45) is 0 Å². The van der Waals surface area contributed by atoms with Gasteiger partial charge in [0.1, 0.15) is 0 Å². The maximum Gasteiger partial charge on any atom is 0.202 e. The van der Waals surface area contributed by atoms with Crippen molar-refractivity contribution in [1.82, 2.24) is 0 Å². The van der Waals surface area contributed by atoms with Crippen molar-refractivity contribution in [3.8, 4) is 0 Å². The molecule has 1 rings (SSSR count). The van der Waals surface area contributed by atoms with E-state index in [0.717, 1.165) is 18.1 Å². The zero-order valence-electron chi connectivity index (χ0n) is 8.68. The van der Waals surface area contributed by atoms with Crippen molar-refractivity contribution in [2.45, 2.75) is 32.8 Å². The third kappa shape index (κ3) is 3.75. The van der Waals surface area contributed by atoms with Crippen LogP contribution in [0.25, 0.3) is 0 Å². The van der Waals surface area contributed by atoms with Crippen LogP contribution in [0.4, 0.5) is 0 Å². The highest BCUT2D eigenvalue weighted by Gasteiger charge is 2.11. The number of rotatable bonds is 5. The molecule has 0 bridgehead atoms. The molecule has 0 spiro atoms. The lowest BCUT2D eigenvalue weighted by Crippen LogP contribution is -2.09. The molecule has 1 N–H and O–H groups in total. The summed E-state index contributed by atoms with van der Waals surface area (Å²) in [5.74, 6) is 0. The Morgan fingerprint density at radius 1 is 1.36 bits per heavy atom. The Morgan fingerprint density at radius 2 is 2.00 bits per heavy atom. The van der Waals surface area contributed by atoms with Crippen LogP contribution >= 0.6 is 8.38 Å². The fourth-order valence-corrected chi connectivity index (χ4v) is 2.24. The third-order valence-corrected chi connectivity index (χ3v) is 3.25. The van der Waals surface area contributed by atoms with Gasteiger partial charge in [-0.15, -0.1) is 0 Å². The summed E-state index contributed by atoms with van der Waals surface area (Å²) in [5, 5.41) is 0.880. The molecule has 0 saturated carbocycles. The van der Waals surface area contributed by atoms with Crippen molar-refractivity contribution in [2.75, 3.05) is 0 Å². The van der Waals surface area contributed by atoms with Crippen molar-refractivity contribution in [3.05, 3.63) is 30.3 Å². The van der Waals surface area contributed by atoms with Crippen molar-refractivity contribution in [3.63, 3.8) is 0 Å².